The summed E-state index contributed by atoms with van der Waals surface area (Å²) in [6, 6.07) is 9.77. The Morgan fingerprint density at radius 3 is 2.65 bits per heavy atom. The number of esters is 1. The Bertz CT molecular complexity index is 662. The van der Waals surface area contributed by atoms with Gasteiger partial charge >= 0.3 is 5.97 Å². The van der Waals surface area contributed by atoms with Gasteiger partial charge < -0.3 is 20.3 Å². The van der Waals surface area contributed by atoms with Crippen molar-refractivity contribution in [2.75, 3.05) is 12.3 Å². The minimum absolute atomic E-state index is 0.0499. The van der Waals surface area contributed by atoms with Gasteiger partial charge in [-0.25, -0.2) is 4.79 Å². The third-order valence-corrected chi connectivity index (χ3v) is 3.30. The number of ether oxygens (including phenoxy) is 1. The molecule has 2 aromatic rings. The summed E-state index contributed by atoms with van der Waals surface area (Å²) in [5.41, 5.74) is 7.00. The van der Waals surface area contributed by atoms with Crippen molar-refractivity contribution in [3.8, 4) is 0 Å². The minimum atomic E-state index is -0.938. The van der Waals surface area contributed by atoms with Gasteiger partial charge in [0.05, 0.1) is 5.69 Å². The van der Waals surface area contributed by atoms with Gasteiger partial charge in [0.15, 0.2) is 6.10 Å². The molecule has 0 saturated heterocycles. The Morgan fingerprint density at radius 2 is 2.04 bits per heavy atom. The molecule has 1 unspecified atom stereocenters. The maximum Gasteiger partial charge on any atom is 0.346 e. The standard InChI is InChI=1S/C16H19N3O4/c1-10-13(14(17)23-19-10)16(21)22-11(2)15(20)18-9-8-12-6-4-3-5-7-12/h3-7,11H,8-9,17H2,1-2H3,(H,18,20). The highest BCUT2D eigenvalue weighted by Crippen LogP contribution is 2.17. The molecule has 3 N–H and O–H groups in total. The van der Waals surface area contributed by atoms with Crippen LogP contribution in [0.15, 0.2) is 34.9 Å². The van der Waals surface area contributed by atoms with E-state index < -0.39 is 12.1 Å². The molecule has 0 saturated carbocycles. The van der Waals surface area contributed by atoms with Crippen molar-refractivity contribution in [2.24, 2.45) is 0 Å². The third kappa shape index (κ3) is 4.32. The lowest BCUT2D eigenvalue weighted by molar-refractivity contribution is -0.129. The molecule has 0 fully saturated rings. The Morgan fingerprint density at radius 1 is 1.35 bits per heavy atom. The smallest absolute Gasteiger partial charge is 0.346 e. The summed E-state index contributed by atoms with van der Waals surface area (Å²) >= 11 is 0. The molecule has 1 atom stereocenters. The van der Waals surface area contributed by atoms with Crippen molar-refractivity contribution in [1.82, 2.24) is 10.5 Å². The second-order valence-corrected chi connectivity index (χ2v) is 5.08. The van der Waals surface area contributed by atoms with Crippen molar-refractivity contribution in [3.05, 3.63) is 47.2 Å². The lowest BCUT2D eigenvalue weighted by atomic mass is 10.1. The van der Waals surface area contributed by atoms with E-state index in [0.29, 0.717) is 18.7 Å². The molecule has 0 spiro atoms. The molecular weight excluding hydrogens is 298 g/mol. The first-order valence-corrected chi connectivity index (χ1v) is 7.23. The number of hydrogen-bond donors (Lipinski definition) is 2. The molecule has 2 rings (SSSR count). The summed E-state index contributed by atoms with van der Waals surface area (Å²) < 4.78 is 9.79. The van der Waals surface area contributed by atoms with Gasteiger partial charge in [-0.05, 0) is 25.8 Å². The Kier molecular flexibility index (Phi) is 5.35. The second-order valence-electron chi connectivity index (χ2n) is 5.08. The molecule has 0 aliphatic heterocycles. The fourth-order valence-electron chi connectivity index (χ4n) is 2.03. The lowest BCUT2D eigenvalue weighted by Crippen LogP contribution is -2.37. The fourth-order valence-corrected chi connectivity index (χ4v) is 2.03. The predicted molar refractivity (Wildman–Crippen MR) is 83.7 cm³/mol. The van der Waals surface area contributed by atoms with Gasteiger partial charge in [0.25, 0.3) is 5.91 Å². The van der Waals surface area contributed by atoms with E-state index in [1.165, 1.54) is 6.92 Å². The van der Waals surface area contributed by atoms with Crippen LogP contribution in [0.3, 0.4) is 0 Å². The molecule has 0 aliphatic rings. The van der Waals surface area contributed by atoms with Gasteiger partial charge in [-0.15, -0.1) is 0 Å². The van der Waals surface area contributed by atoms with Crippen LogP contribution in [-0.4, -0.2) is 29.7 Å². The van der Waals surface area contributed by atoms with Crippen LogP contribution >= 0.6 is 0 Å². The average Bonchev–Trinajstić information content (AvgIpc) is 2.87. The molecule has 0 aliphatic carbocycles. The molecule has 1 aromatic carbocycles. The van der Waals surface area contributed by atoms with E-state index in [9.17, 15) is 9.59 Å². The second kappa shape index (κ2) is 7.44. The van der Waals surface area contributed by atoms with E-state index in [2.05, 4.69) is 10.5 Å². The van der Waals surface area contributed by atoms with Crippen LogP contribution in [0.4, 0.5) is 5.88 Å². The van der Waals surface area contributed by atoms with Gasteiger partial charge in [0.1, 0.15) is 5.56 Å². The number of aryl methyl sites for hydroxylation is 1. The molecule has 122 valence electrons. The summed E-state index contributed by atoms with van der Waals surface area (Å²) in [6.45, 7) is 3.52. The molecular formula is C16H19N3O4. The number of nitrogens with one attached hydrogen (secondary N) is 1. The first kappa shape index (κ1) is 16.5. The number of nitrogens with two attached hydrogens (primary N) is 1. The molecule has 1 heterocycles. The van der Waals surface area contributed by atoms with E-state index in [1.54, 1.807) is 6.92 Å². The number of benzene rings is 1. The minimum Gasteiger partial charge on any atom is -0.449 e. The van der Waals surface area contributed by atoms with Crippen LogP contribution in [-0.2, 0) is 16.0 Å². The zero-order valence-corrected chi connectivity index (χ0v) is 13.0. The summed E-state index contributed by atoms with van der Waals surface area (Å²) in [7, 11) is 0. The van der Waals surface area contributed by atoms with Gasteiger partial charge in [0, 0.05) is 6.54 Å². The van der Waals surface area contributed by atoms with Crippen LogP contribution < -0.4 is 11.1 Å². The van der Waals surface area contributed by atoms with Crippen LogP contribution in [0.1, 0.15) is 28.5 Å². The molecule has 7 heteroatoms. The Balaban J connectivity index is 1.82. The summed E-state index contributed by atoms with van der Waals surface area (Å²) in [5, 5.41) is 6.30. The number of anilines is 1. The van der Waals surface area contributed by atoms with Crippen LogP contribution in [0, 0.1) is 6.92 Å². The number of hydrogen-bond acceptors (Lipinski definition) is 6. The normalized spacial score (nSPS) is 11.7. The van der Waals surface area contributed by atoms with Crippen molar-refractivity contribution in [1.29, 1.82) is 0 Å². The van der Waals surface area contributed by atoms with Crippen molar-refractivity contribution in [2.45, 2.75) is 26.4 Å². The fraction of sp³-hybridized carbons (Fsp3) is 0.312. The monoisotopic (exact) mass is 317 g/mol. The van der Waals surface area contributed by atoms with Crippen molar-refractivity contribution < 1.29 is 18.8 Å². The first-order valence-electron chi connectivity index (χ1n) is 7.23. The maximum absolute atomic E-state index is 12.0. The maximum atomic E-state index is 12.0. The topological polar surface area (TPSA) is 107 Å². The highest BCUT2D eigenvalue weighted by atomic mass is 16.5. The van der Waals surface area contributed by atoms with E-state index in [4.69, 9.17) is 15.0 Å². The summed E-state index contributed by atoms with van der Waals surface area (Å²) in [6.07, 6.45) is -0.239. The lowest BCUT2D eigenvalue weighted by Gasteiger charge is -2.13. The van der Waals surface area contributed by atoms with Crippen LogP contribution in [0.2, 0.25) is 0 Å². The number of rotatable bonds is 6. The molecule has 1 amide bonds. The van der Waals surface area contributed by atoms with Crippen molar-refractivity contribution >= 4 is 17.8 Å². The quantitative estimate of drug-likeness (QED) is 0.781. The zero-order chi connectivity index (χ0) is 16.8. The van der Waals surface area contributed by atoms with E-state index >= 15 is 0 Å². The summed E-state index contributed by atoms with van der Waals surface area (Å²) in [5.74, 6) is -1.22. The number of carbonyl (C=O) groups is 2. The van der Waals surface area contributed by atoms with E-state index in [0.717, 1.165) is 5.56 Å². The molecule has 0 bridgehead atoms. The first-order chi connectivity index (χ1) is 11.0. The molecule has 1 aromatic heterocycles. The zero-order valence-electron chi connectivity index (χ0n) is 13.0. The van der Waals surface area contributed by atoms with Gasteiger partial charge in [0.2, 0.25) is 5.88 Å². The third-order valence-electron chi connectivity index (χ3n) is 3.30. The highest BCUT2D eigenvalue weighted by Gasteiger charge is 2.24. The molecule has 7 nitrogen and oxygen atoms in total. The average molecular weight is 317 g/mol. The molecule has 0 radical (unpaired) electrons. The highest BCUT2D eigenvalue weighted by molar-refractivity contribution is 5.96. The Labute approximate surface area is 133 Å². The molecule has 23 heavy (non-hydrogen) atoms. The largest absolute Gasteiger partial charge is 0.449 e. The number of nitrogens with zero attached hydrogens (tertiary/aromatic N) is 1. The van der Waals surface area contributed by atoms with Gasteiger partial charge in [-0.2, -0.15) is 0 Å². The summed E-state index contributed by atoms with van der Waals surface area (Å²) in [4.78, 5) is 23.9. The SMILES string of the molecule is Cc1noc(N)c1C(=O)OC(C)C(=O)NCCc1ccccc1. The number of amides is 1. The predicted octanol–water partition coefficient (Wildman–Crippen LogP) is 1.47. The van der Waals surface area contributed by atoms with Crippen LogP contribution in [0.5, 0.6) is 0 Å². The number of carbonyl (C=O) groups excluding carboxylic acids is 2. The number of nitrogen functional groups attached to an aromatic ring is 1. The van der Waals surface area contributed by atoms with E-state index in [-0.39, 0.29) is 17.4 Å². The van der Waals surface area contributed by atoms with Gasteiger partial charge in [-0.3, -0.25) is 4.79 Å². The van der Waals surface area contributed by atoms with Crippen LogP contribution in [0.25, 0.3) is 0 Å². The van der Waals surface area contributed by atoms with Gasteiger partial charge in [-0.1, -0.05) is 35.5 Å². The Hall–Kier alpha value is -2.83. The van der Waals surface area contributed by atoms with E-state index in [1.807, 2.05) is 30.3 Å². The van der Waals surface area contributed by atoms with Crippen molar-refractivity contribution in [3.63, 3.8) is 0 Å². The number of aromatic nitrogens is 1.